The highest BCUT2D eigenvalue weighted by atomic mass is 16.6. The number of imidazole rings is 1. The number of hydrogen-bond donors (Lipinski definition) is 2. The molecule has 3 N–H and O–H groups in total. The Labute approximate surface area is 209 Å². The number of alkyl carbamates (subject to hydrolysis) is 1. The number of unbranched alkanes of at least 4 members (excludes halogenated alkanes) is 1. The Hall–Kier alpha value is -3.12. The number of carbonyl (C=O) groups is 1. The van der Waals surface area contributed by atoms with Crippen molar-refractivity contribution in [1.82, 2.24) is 14.9 Å². The fourth-order valence-electron chi connectivity index (χ4n) is 4.37. The van der Waals surface area contributed by atoms with E-state index in [2.05, 4.69) is 68.0 Å². The monoisotopic (exact) mass is 476 g/mol. The summed E-state index contributed by atoms with van der Waals surface area (Å²) in [5, 5.41) is 2.94. The van der Waals surface area contributed by atoms with Crippen molar-refractivity contribution in [3.8, 4) is 11.3 Å². The Kier molecular flexibility index (Phi) is 9.10. The molecule has 6 nitrogen and oxygen atoms in total. The number of nitrogens with one attached hydrogen (secondary N) is 1. The predicted molar refractivity (Wildman–Crippen MR) is 142 cm³/mol. The van der Waals surface area contributed by atoms with Crippen LogP contribution >= 0.6 is 0 Å². The fourth-order valence-corrected chi connectivity index (χ4v) is 4.37. The molecule has 0 fully saturated rings. The highest BCUT2D eigenvalue weighted by molar-refractivity contribution is 5.68. The molecule has 0 aliphatic carbocycles. The number of nitrogens with two attached hydrogens (primary N) is 1. The minimum atomic E-state index is -0.968. The Morgan fingerprint density at radius 1 is 1.03 bits per heavy atom. The van der Waals surface area contributed by atoms with Crippen LogP contribution in [0.15, 0.2) is 66.9 Å². The molecule has 1 aromatic heterocycles. The van der Waals surface area contributed by atoms with Crippen LogP contribution in [0.2, 0.25) is 0 Å². The lowest BCUT2D eigenvalue weighted by molar-refractivity contribution is -0.0897. The van der Waals surface area contributed by atoms with Crippen LogP contribution in [0.1, 0.15) is 64.8 Å². The zero-order valence-corrected chi connectivity index (χ0v) is 21.6. The first kappa shape index (κ1) is 26.5. The van der Waals surface area contributed by atoms with Gasteiger partial charge in [0.25, 0.3) is 0 Å². The van der Waals surface area contributed by atoms with Gasteiger partial charge >= 0.3 is 6.09 Å². The lowest BCUT2D eigenvalue weighted by atomic mass is 9.72. The first-order valence-corrected chi connectivity index (χ1v) is 12.6. The molecule has 6 heteroatoms. The molecule has 0 saturated carbocycles. The topological polar surface area (TPSA) is 82.2 Å². The molecule has 0 aliphatic rings. The van der Waals surface area contributed by atoms with Crippen molar-refractivity contribution in [2.75, 3.05) is 13.1 Å². The summed E-state index contributed by atoms with van der Waals surface area (Å²) in [6.45, 7) is 10.1. The van der Waals surface area contributed by atoms with E-state index in [0.717, 1.165) is 35.5 Å². The second kappa shape index (κ2) is 12.0. The van der Waals surface area contributed by atoms with Gasteiger partial charge in [-0.2, -0.15) is 0 Å². The third-order valence-corrected chi connectivity index (χ3v) is 6.41. The summed E-state index contributed by atoms with van der Waals surface area (Å²) in [6.07, 6.45) is 4.84. The molecule has 0 radical (unpaired) electrons. The van der Waals surface area contributed by atoms with E-state index in [-0.39, 0.29) is 0 Å². The molecule has 188 valence electrons. The van der Waals surface area contributed by atoms with Crippen LogP contribution in [0.5, 0.6) is 0 Å². The highest BCUT2D eigenvalue weighted by Crippen LogP contribution is 2.46. The first-order valence-electron chi connectivity index (χ1n) is 12.6. The highest BCUT2D eigenvalue weighted by Gasteiger charge is 2.50. The van der Waals surface area contributed by atoms with E-state index < -0.39 is 17.1 Å². The van der Waals surface area contributed by atoms with E-state index in [1.165, 1.54) is 0 Å². The van der Waals surface area contributed by atoms with E-state index in [9.17, 15) is 4.79 Å². The molecule has 3 rings (SSSR count). The number of amides is 1. The number of ether oxygens (including phenoxy) is 1. The van der Waals surface area contributed by atoms with Gasteiger partial charge in [-0.05, 0) is 31.4 Å². The van der Waals surface area contributed by atoms with E-state index in [1.807, 2.05) is 36.4 Å². The first-order chi connectivity index (χ1) is 16.8. The summed E-state index contributed by atoms with van der Waals surface area (Å²) in [5.41, 5.74) is 7.59. The third-order valence-electron chi connectivity index (χ3n) is 6.41. The van der Waals surface area contributed by atoms with Crippen molar-refractivity contribution in [3.05, 3.63) is 78.2 Å². The van der Waals surface area contributed by atoms with Gasteiger partial charge < -0.3 is 20.4 Å². The summed E-state index contributed by atoms with van der Waals surface area (Å²) in [6, 6.07) is 20.4. The number of nitrogens with zero attached hydrogens (tertiary/aromatic N) is 2. The Morgan fingerprint density at radius 3 is 2.29 bits per heavy atom. The van der Waals surface area contributed by atoms with Gasteiger partial charge in [-0.3, -0.25) is 0 Å². The lowest BCUT2D eigenvalue weighted by Crippen LogP contribution is -2.48. The van der Waals surface area contributed by atoms with Crippen molar-refractivity contribution in [2.45, 2.75) is 65.5 Å². The summed E-state index contributed by atoms with van der Waals surface area (Å²) in [4.78, 5) is 18.2. The van der Waals surface area contributed by atoms with Crippen molar-refractivity contribution < 1.29 is 9.53 Å². The van der Waals surface area contributed by atoms with E-state index >= 15 is 0 Å². The lowest BCUT2D eigenvalue weighted by Gasteiger charge is -2.43. The molecule has 1 heterocycles. The van der Waals surface area contributed by atoms with Crippen LogP contribution in [0.3, 0.4) is 0 Å². The van der Waals surface area contributed by atoms with Crippen LogP contribution in [-0.4, -0.2) is 28.7 Å². The Bertz CT molecular complexity index is 1060. The molecule has 0 saturated heterocycles. The molecule has 0 unspecified atom stereocenters. The molecule has 35 heavy (non-hydrogen) atoms. The fraction of sp³-hybridized carbons (Fsp3) is 0.448. The van der Waals surface area contributed by atoms with Gasteiger partial charge in [0.05, 0.1) is 5.69 Å². The number of benzene rings is 2. The van der Waals surface area contributed by atoms with Gasteiger partial charge in [0.15, 0.2) is 11.4 Å². The summed E-state index contributed by atoms with van der Waals surface area (Å²) in [5.74, 6) is 0.742. The van der Waals surface area contributed by atoms with Crippen molar-refractivity contribution in [1.29, 1.82) is 0 Å². The maximum Gasteiger partial charge on any atom is 0.408 e. The zero-order chi connectivity index (χ0) is 25.3. The molecule has 1 atom stereocenters. The Balaban J connectivity index is 2.15. The smallest absolute Gasteiger partial charge is 0.408 e. The molecule has 0 bridgehead atoms. The molecular formula is C29H40N4O2. The van der Waals surface area contributed by atoms with Gasteiger partial charge in [0.1, 0.15) is 0 Å². The van der Waals surface area contributed by atoms with Crippen molar-refractivity contribution in [3.63, 3.8) is 0 Å². The zero-order valence-electron chi connectivity index (χ0n) is 21.6. The molecule has 2 aromatic carbocycles. The summed E-state index contributed by atoms with van der Waals surface area (Å²) >= 11 is 0. The van der Waals surface area contributed by atoms with Gasteiger partial charge in [0, 0.05) is 30.3 Å². The van der Waals surface area contributed by atoms with Crippen LogP contribution < -0.4 is 11.1 Å². The quantitative estimate of drug-likeness (QED) is 0.327. The standard InChI is InChI=1S/C29H40N4O2/c1-5-6-20-31-27(34)35-29(18-13-19-30,28(2,3)4)26-32-25(24-16-11-8-12-17-24)22-33(26)21-23-14-9-7-10-15-23/h7-12,14-17,22H,5-6,13,18-21,30H2,1-4H3,(H,31,34)/t29-/m0/s1. The maximum absolute atomic E-state index is 13.1. The number of carbonyl (C=O) groups excluding carboxylic acids is 1. The largest absolute Gasteiger partial charge is 0.434 e. The SMILES string of the molecule is CCCCNC(=O)O[C@@](CCCN)(c1nc(-c2ccccc2)cn1Cc1ccccc1)C(C)(C)C. The number of hydrogen-bond acceptors (Lipinski definition) is 4. The predicted octanol–water partition coefficient (Wildman–Crippen LogP) is 6.11. The second-order valence-electron chi connectivity index (χ2n) is 10.1. The molecule has 3 aromatic rings. The normalized spacial score (nSPS) is 13.3. The average molecular weight is 477 g/mol. The molecule has 0 spiro atoms. The summed E-state index contributed by atoms with van der Waals surface area (Å²) in [7, 11) is 0. The minimum absolute atomic E-state index is 0.416. The van der Waals surface area contributed by atoms with Gasteiger partial charge in [0.2, 0.25) is 0 Å². The van der Waals surface area contributed by atoms with E-state index in [1.54, 1.807) is 0 Å². The number of rotatable bonds is 11. The average Bonchev–Trinajstić information content (AvgIpc) is 3.26. The molecule has 0 aliphatic heterocycles. The minimum Gasteiger partial charge on any atom is -0.434 e. The van der Waals surface area contributed by atoms with Crippen molar-refractivity contribution in [2.24, 2.45) is 11.1 Å². The third kappa shape index (κ3) is 6.51. The van der Waals surface area contributed by atoms with Crippen LogP contribution in [0.4, 0.5) is 4.79 Å². The molecule has 1 amide bonds. The molecular weight excluding hydrogens is 436 g/mol. The van der Waals surface area contributed by atoms with Crippen LogP contribution in [-0.2, 0) is 16.9 Å². The van der Waals surface area contributed by atoms with Gasteiger partial charge in [-0.25, -0.2) is 9.78 Å². The number of aromatic nitrogens is 2. The summed E-state index contributed by atoms with van der Waals surface area (Å²) < 4.78 is 8.51. The van der Waals surface area contributed by atoms with Crippen LogP contribution in [0, 0.1) is 5.41 Å². The Morgan fingerprint density at radius 2 is 1.69 bits per heavy atom. The van der Waals surface area contributed by atoms with Gasteiger partial charge in [-0.15, -0.1) is 0 Å². The van der Waals surface area contributed by atoms with E-state index in [4.69, 9.17) is 15.5 Å². The van der Waals surface area contributed by atoms with E-state index in [0.29, 0.717) is 32.5 Å². The second-order valence-corrected chi connectivity index (χ2v) is 10.1. The maximum atomic E-state index is 13.1. The van der Waals surface area contributed by atoms with Crippen molar-refractivity contribution >= 4 is 6.09 Å². The van der Waals surface area contributed by atoms with Crippen LogP contribution in [0.25, 0.3) is 11.3 Å². The van der Waals surface area contributed by atoms with Gasteiger partial charge in [-0.1, -0.05) is 94.8 Å².